The number of aromatic nitrogens is 2. The standard InChI is InChI=1S/C21H19FN2O4/c1-3-12-24-20(26)17-7-5-4-6-16(17)18(23-24)21(27)28-13(2)19(25)14-8-10-15(22)11-9-14/h4-11,13H,3,12H2,1-2H3. The molecule has 0 amide bonds. The lowest BCUT2D eigenvalue weighted by Crippen LogP contribution is -2.29. The van der Waals surface area contributed by atoms with Crippen LogP contribution in [-0.4, -0.2) is 27.6 Å². The van der Waals surface area contributed by atoms with Crippen molar-refractivity contribution in [2.45, 2.75) is 32.9 Å². The monoisotopic (exact) mass is 382 g/mol. The van der Waals surface area contributed by atoms with E-state index < -0.39 is 23.7 Å². The predicted molar refractivity (Wildman–Crippen MR) is 102 cm³/mol. The van der Waals surface area contributed by atoms with Gasteiger partial charge in [-0.05, 0) is 43.7 Å². The van der Waals surface area contributed by atoms with Crippen molar-refractivity contribution >= 4 is 22.5 Å². The smallest absolute Gasteiger partial charge is 0.360 e. The number of Topliss-reactive ketones (excluding diaryl/α,β-unsaturated/α-hetero) is 1. The second-order valence-electron chi connectivity index (χ2n) is 6.34. The number of hydrogen-bond acceptors (Lipinski definition) is 5. The minimum absolute atomic E-state index is 0.0255. The summed E-state index contributed by atoms with van der Waals surface area (Å²) in [4.78, 5) is 37.6. The third kappa shape index (κ3) is 3.83. The van der Waals surface area contributed by atoms with E-state index in [0.717, 1.165) is 12.1 Å². The molecule has 0 aliphatic rings. The number of nitrogens with zero attached hydrogens (tertiary/aromatic N) is 2. The zero-order valence-electron chi connectivity index (χ0n) is 15.5. The Bertz CT molecular complexity index is 1090. The van der Waals surface area contributed by atoms with Crippen LogP contribution in [-0.2, 0) is 11.3 Å². The van der Waals surface area contributed by atoms with E-state index in [-0.39, 0.29) is 16.8 Å². The molecule has 6 nitrogen and oxygen atoms in total. The highest BCUT2D eigenvalue weighted by molar-refractivity contribution is 6.05. The van der Waals surface area contributed by atoms with Gasteiger partial charge in [-0.2, -0.15) is 5.10 Å². The van der Waals surface area contributed by atoms with Gasteiger partial charge in [-0.3, -0.25) is 9.59 Å². The average molecular weight is 382 g/mol. The van der Waals surface area contributed by atoms with Gasteiger partial charge in [-0.1, -0.05) is 25.1 Å². The van der Waals surface area contributed by atoms with Crippen LogP contribution in [0.3, 0.4) is 0 Å². The fourth-order valence-electron chi connectivity index (χ4n) is 2.87. The first-order valence-corrected chi connectivity index (χ1v) is 8.93. The molecule has 3 aromatic rings. The third-order valence-electron chi connectivity index (χ3n) is 4.28. The Balaban J connectivity index is 1.92. The minimum atomic E-state index is -1.09. The summed E-state index contributed by atoms with van der Waals surface area (Å²) >= 11 is 0. The number of rotatable bonds is 6. The predicted octanol–water partition coefficient (Wildman–Crippen LogP) is 3.37. The van der Waals surface area contributed by atoms with Gasteiger partial charge in [0.15, 0.2) is 11.8 Å². The molecule has 7 heteroatoms. The molecule has 0 saturated carbocycles. The zero-order chi connectivity index (χ0) is 20.3. The second-order valence-corrected chi connectivity index (χ2v) is 6.34. The molecule has 2 aromatic carbocycles. The Morgan fingerprint density at radius 3 is 2.39 bits per heavy atom. The van der Waals surface area contributed by atoms with Crippen molar-refractivity contribution in [1.82, 2.24) is 9.78 Å². The van der Waals surface area contributed by atoms with E-state index >= 15 is 0 Å². The van der Waals surface area contributed by atoms with Crippen LogP contribution in [0.15, 0.2) is 53.3 Å². The number of esters is 1. The molecule has 144 valence electrons. The summed E-state index contributed by atoms with van der Waals surface area (Å²) in [5.74, 6) is -1.72. The van der Waals surface area contributed by atoms with Gasteiger partial charge in [0.05, 0.1) is 5.39 Å². The first kappa shape index (κ1) is 19.4. The van der Waals surface area contributed by atoms with Crippen molar-refractivity contribution in [2.75, 3.05) is 0 Å². The van der Waals surface area contributed by atoms with Crippen LogP contribution in [0.5, 0.6) is 0 Å². The molecule has 3 rings (SSSR count). The minimum Gasteiger partial charge on any atom is -0.449 e. The molecular weight excluding hydrogens is 363 g/mol. The van der Waals surface area contributed by atoms with E-state index in [1.165, 1.54) is 23.7 Å². The summed E-state index contributed by atoms with van der Waals surface area (Å²) in [6.07, 6.45) is -0.427. The van der Waals surface area contributed by atoms with Crippen LogP contribution in [0.1, 0.15) is 41.1 Å². The van der Waals surface area contributed by atoms with Crippen molar-refractivity contribution in [3.63, 3.8) is 0 Å². The molecular formula is C21H19FN2O4. The molecule has 0 spiro atoms. The Hall–Kier alpha value is -3.35. The van der Waals surface area contributed by atoms with E-state index in [1.54, 1.807) is 24.3 Å². The number of halogens is 1. The van der Waals surface area contributed by atoms with E-state index in [0.29, 0.717) is 23.7 Å². The molecule has 28 heavy (non-hydrogen) atoms. The van der Waals surface area contributed by atoms with Crippen LogP contribution >= 0.6 is 0 Å². The van der Waals surface area contributed by atoms with Gasteiger partial charge in [-0.15, -0.1) is 0 Å². The van der Waals surface area contributed by atoms with Crippen LogP contribution in [0.2, 0.25) is 0 Å². The SMILES string of the molecule is CCCn1nc(C(=O)OC(C)C(=O)c2ccc(F)cc2)c2ccccc2c1=O. The molecule has 1 aromatic heterocycles. The van der Waals surface area contributed by atoms with Crippen LogP contribution < -0.4 is 5.56 Å². The largest absolute Gasteiger partial charge is 0.449 e. The van der Waals surface area contributed by atoms with Gasteiger partial charge >= 0.3 is 5.97 Å². The number of ether oxygens (including phenoxy) is 1. The summed E-state index contributed by atoms with van der Waals surface area (Å²) in [6.45, 7) is 3.69. The molecule has 1 heterocycles. The lowest BCUT2D eigenvalue weighted by Gasteiger charge is -2.14. The number of hydrogen-bond donors (Lipinski definition) is 0. The molecule has 0 saturated heterocycles. The molecule has 1 atom stereocenters. The summed E-state index contributed by atoms with van der Waals surface area (Å²) in [7, 11) is 0. The number of fused-ring (bicyclic) bond motifs is 1. The van der Waals surface area contributed by atoms with Crippen LogP contribution in [0, 0.1) is 5.82 Å². The number of carbonyl (C=O) groups excluding carboxylic acids is 2. The van der Waals surface area contributed by atoms with Gasteiger partial charge in [-0.25, -0.2) is 13.9 Å². The number of carbonyl (C=O) groups is 2. The molecule has 0 bridgehead atoms. The van der Waals surface area contributed by atoms with Gasteiger partial charge in [0.2, 0.25) is 5.78 Å². The molecule has 0 fully saturated rings. The van der Waals surface area contributed by atoms with Gasteiger partial charge in [0.25, 0.3) is 5.56 Å². The van der Waals surface area contributed by atoms with Gasteiger partial charge in [0, 0.05) is 17.5 Å². The van der Waals surface area contributed by atoms with Crippen molar-refractivity contribution in [1.29, 1.82) is 0 Å². The highest BCUT2D eigenvalue weighted by Gasteiger charge is 2.24. The fraction of sp³-hybridized carbons (Fsp3) is 0.238. The average Bonchev–Trinajstić information content (AvgIpc) is 2.70. The first-order chi connectivity index (χ1) is 13.4. The van der Waals surface area contributed by atoms with Crippen LogP contribution in [0.4, 0.5) is 4.39 Å². The van der Waals surface area contributed by atoms with E-state index in [9.17, 15) is 18.8 Å². The maximum atomic E-state index is 13.0. The lowest BCUT2D eigenvalue weighted by molar-refractivity contribution is 0.0312. The summed E-state index contributed by atoms with van der Waals surface area (Å²) in [5.41, 5.74) is -0.0812. The van der Waals surface area contributed by atoms with Crippen molar-refractivity contribution in [3.8, 4) is 0 Å². The summed E-state index contributed by atoms with van der Waals surface area (Å²) in [5, 5.41) is 4.88. The highest BCUT2D eigenvalue weighted by Crippen LogP contribution is 2.16. The van der Waals surface area contributed by atoms with Gasteiger partial charge in [0.1, 0.15) is 5.82 Å². The summed E-state index contributed by atoms with van der Waals surface area (Å²) < 4.78 is 19.6. The first-order valence-electron chi connectivity index (χ1n) is 8.93. The highest BCUT2D eigenvalue weighted by atomic mass is 19.1. The molecule has 0 radical (unpaired) electrons. The molecule has 0 N–H and O–H groups in total. The van der Waals surface area contributed by atoms with E-state index in [4.69, 9.17) is 4.74 Å². The summed E-state index contributed by atoms with van der Waals surface area (Å²) in [6, 6.07) is 11.6. The maximum Gasteiger partial charge on any atom is 0.360 e. The Labute approximate surface area is 160 Å². The van der Waals surface area contributed by atoms with Crippen molar-refractivity contribution < 1.29 is 18.7 Å². The number of ketones is 1. The van der Waals surface area contributed by atoms with Crippen molar-refractivity contribution in [2.24, 2.45) is 0 Å². The Morgan fingerprint density at radius 1 is 1.11 bits per heavy atom. The maximum absolute atomic E-state index is 13.0. The van der Waals surface area contributed by atoms with Crippen LogP contribution in [0.25, 0.3) is 10.8 Å². The molecule has 0 aliphatic heterocycles. The van der Waals surface area contributed by atoms with E-state index in [2.05, 4.69) is 5.10 Å². The zero-order valence-corrected chi connectivity index (χ0v) is 15.5. The quantitative estimate of drug-likeness (QED) is 0.482. The third-order valence-corrected chi connectivity index (χ3v) is 4.28. The van der Waals surface area contributed by atoms with Crippen molar-refractivity contribution in [3.05, 3.63) is 76.0 Å². The molecule has 0 aliphatic carbocycles. The normalized spacial score (nSPS) is 12.0. The Kier molecular flexibility index (Phi) is 5.63. The number of aryl methyl sites for hydroxylation is 1. The number of benzene rings is 2. The van der Waals surface area contributed by atoms with Gasteiger partial charge < -0.3 is 4.74 Å². The second kappa shape index (κ2) is 8.12. The molecule has 1 unspecified atom stereocenters. The fourth-order valence-corrected chi connectivity index (χ4v) is 2.87. The topological polar surface area (TPSA) is 78.3 Å². The lowest BCUT2D eigenvalue weighted by atomic mass is 10.1. The van der Waals surface area contributed by atoms with E-state index in [1.807, 2.05) is 6.92 Å². The Morgan fingerprint density at radius 2 is 1.75 bits per heavy atom.